The highest BCUT2D eigenvalue weighted by molar-refractivity contribution is 7.12. The average Bonchev–Trinajstić information content (AvgIpc) is 3.29. The second kappa shape index (κ2) is 9.08. The Balaban J connectivity index is 1.35. The molecule has 0 saturated carbocycles. The Hall–Kier alpha value is -2.54. The van der Waals surface area contributed by atoms with Crippen molar-refractivity contribution in [1.29, 1.82) is 0 Å². The Morgan fingerprint density at radius 3 is 2.30 bits per heavy atom. The summed E-state index contributed by atoms with van der Waals surface area (Å²) in [6.45, 7) is 2.90. The maximum absolute atomic E-state index is 12.5. The van der Waals surface area contributed by atoms with Crippen LogP contribution in [0.2, 0.25) is 10.0 Å². The van der Waals surface area contributed by atoms with Crippen LogP contribution < -0.4 is 10.2 Å². The van der Waals surface area contributed by atoms with Gasteiger partial charge in [0.2, 0.25) is 0 Å². The van der Waals surface area contributed by atoms with Gasteiger partial charge in [-0.3, -0.25) is 9.59 Å². The number of carbonyl (C=O) groups is 2. The second-order valence-corrected chi connectivity index (χ2v) is 8.67. The molecule has 154 valence electrons. The van der Waals surface area contributed by atoms with E-state index in [1.54, 1.807) is 18.2 Å². The zero-order chi connectivity index (χ0) is 21.1. The highest BCUT2D eigenvalue weighted by Crippen LogP contribution is 2.24. The van der Waals surface area contributed by atoms with Crippen molar-refractivity contribution in [2.45, 2.75) is 0 Å². The Morgan fingerprint density at radius 2 is 1.67 bits per heavy atom. The van der Waals surface area contributed by atoms with Gasteiger partial charge in [0.1, 0.15) is 0 Å². The molecular weight excluding hydrogens is 441 g/mol. The SMILES string of the molecule is O=C(Nc1ccc(N2CCN(C(=O)c3cccs3)CC2)cc1)c1ccc(Cl)cc1Cl. The fraction of sp³-hybridized carbons (Fsp3) is 0.182. The smallest absolute Gasteiger partial charge is 0.264 e. The van der Waals surface area contributed by atoms with Crippen LogP contribution in [0, 0.1) is 0 Å². The van der Waals surface area contributed by atoms with Crippen molar-refractivity contribution in [2.24, 2.45) is 0 Å². The van der Waals surface area contributed by atoms with E-state index in [4.69, 9.17) is 23.2 Å². The van der Waals surface area contributed by atoms with Gasteiger partial charge in [-0.15, -0.1) is 11.3 Å². The molecule has 30 heavy (non-hydrogen) atoms. The molecule has 1 N–H and O–H groups in total. The molecule has 1 fully saturated rings. The molecule has 0 atom stereocenters. The van der Waals surface area contributed by atoms with Gasteiger partial charge in [0.15, 0.2) is 0 Å². The molecule has 1 saturated heterocycles. The fourth-order valence-electron chi connectivity index (χ4n) is 3.35. The number of hydrogen-bond acceptors (Lipinski definition) is 4. The summed E-state index contributed by atoms with van der Waals surface area (Å²) in [4.78, 5) is 29.8. The molecule has 2 amide bonds. The van der Waals surface area contributed by atoms with Gasteiger partial charge < -0.3 is 15.1 Å². The minimum absolute atomic E-state index is 0.101. The highest BCUT2D eigenvalue weighted by atomic mass is 35.5. The zero-order valence-electron chi connectivity index (χ0n) is 16.0. The summed E-state index contributed by atoms with van der Waals surface area (Å²) in [5.41, 5.74) is 2.11. The lowest BCUT2D eigenvalue weighted by Crippen LogP contribution is -2.48. The van der Waals surface area contributed by atoms with E-state index in [2.05, 4.69) is 10.2 Å². The van der Waals surface area contributed by atoms with Gasteiger partial charge in [0.25, 0.3) is 11.8 Å². The topological polar surface area (TPSA) is 52.7 Å². The molecule has 0 bridgehead atoms. The van der Waals surface area contributed by atoms with Crippen LogP contribution in [-0.2, 0) is 0 Å². The molecule has 0 aliphatic carbocycles. The third-order valence-electron chi connectivity index (χ3n) is 4.96. The molecule has 8 heteroatoms. The minimum Gasteiger partial charge on any atom is -0.368 e. The van der Waals surface area contributed by atoms with E-state index in [9.17, 15) is 9.59 Å². The standard InChI is InChI=1S/C22H19Cl2N3O2S/c23-15-3-8-18(19(24)14-15)21(28)25-16-4-6-17(7-5-16)26-9-11-27(12-10-26)22(29)20-2-1-13-30-20/h1-8,13-14H,9-12H2,(H,25,28). The highest BCUT2D eigenvalue weighted by Gasteiger charge is 2.23. The number of halogens is 2. The van der Waals surface area contributed by atoms with Gasteiger partial charge >= 0.3 is 0 Å². The summed E-state index contributed by atoms with van der Waals surface area (Å²) in [6.07, 6.45) is 0. The molecule has 4 rings (SSSR count). The molecular formula is C22H19Cl2N3O2S. The predicted molar refractivity (Wildman–Crippen MR) is 123 cm³/mol. The van der Waals surface area contributed by atoms with Crippen LogP contribution in [0.15, 0.2) is 60.0 Å². The first-order chi connectivity index (χ1) is 14.5. The quantitative estimate of drug-likeness (QED) is 0.577. The Labute approximate surface area is 188 Å². The minimum atomic E-state index is -0.287. The Kier molecular flexibility index (Phi) is 6.27. The van der Waals surface area contributed by atoms with E-state index in [0.29, 0.717) is 34.4 Å². The fourth-order valence-corrected chi connectivity index (χ4v) is 4.54. The van der Waals surface area contributed by atoms with Crippen molar-refractivity contribution in [1.82, 2.24) is 4.90 Å². The van der Waals surface area contributed by atoms with Gasteiger partial charge in [-0.05, 0) is 53.9 Å². The van der Waals surface area contributed by atoms with E-state index in [0.717, 1.165) is 23.7 Å². The summed E-state index contributed by atoms with van der Waals surface area (Å²) < 4.78 is 0. The molecule has 2 heterocycles. The van der Waals surface area contributed by atoms with Gasteiger partial charge in [0.05, 0.1) is 15.5 Å². The second-order valence-electron chi connectivity index (χ2n) is 6.88. The normalized spacial score (nSPS) is 13.9. The van der Waals surface area contributed by atoms with Crippen molar-refractivity contribution >= 4 is 57.7 Å². The Morgan fingerprint density at radius 1 is 0.933 bits per heavy atom. The zero-order valence-corrected chi connectivity index (χ0v) is 18.3. The van der Waals surface area contributed by atoms with E-state index in [1.165, 1.54) is 11.3 Å². The third kappa shape index (κ3) is 4.61. The largest absolute Gasteiger partial charge is 0.368 e. The molecule has 5 nitrogen and oxygen atoms in total. The molecule has 1 aliphatic heterocycles. The molecule has 1 aliphatic rings. The van der Waals surface area contributed by atoms with Crippen molar-refractivity contribution in [3.8, 4) is 0 Å². The van der Waals surface area contributed by atoms with Crippen LogP contribution in [0.4, 0.5) is 11.4 Å². The molecule has 2 aromatic carbocycles. The number of thiophene rings is 1. The molecule has 3 aromatic rings. The molecule has 1 aromatic heterocycles. The summed E-state index contributed by atoms with van der Waals surface area (Å²) >= 11 is 13.5. The first-order valence-corrected chi connectivity index (χ1v) is 11.1. The number of benzene rings is 2. The van der Waals surface area contributed by atoms with Gasteiger partial charge in [0, 0.05) is 42.6 Å². The number of nitrogens with one attached hydrogen (secondary N) is 1. The van der Waals surface area contributed by atoms with E-state index in [-0.39, 0.29) is 11.8 Å². The average molecular weight is 460 g/mol. The summed E-state index contributed by atoms with van der Waals surface area (Å²) in [5, 5.41) is 5.57. The summed E-state index contributed by atoms with van der Waals surface area (Å²) in [5.74, 6) is -0.186. The lowest BCUT2D eigenvalue weighted by Gasteiger charge is -2.36. The monoisotopic (exact) mass is 459 g/mol. The first kappa shape index (κ1) is 20.7. The van der Waals surface area contributed by atoms with E-state index >= 15 is 0 Å². The van der Waals surface area contributed by atoms with Crippen molar-refractivity contribution < 1.29 is 9.59 Å². The number of rotatable bonds is 4. The van der Waals surface area contributed by atoms with Crippen LogP contribution in [0.3, 0.4) is 0 Å². The van der Waals surface area contributed by atoms with Crippen LogP contribution >= 0.6 is 34.5 Å². The van der Waals surface area contributed by atoms with Gasteiger partial charge in [-0.2, -0.15) is 0 Å². The maximum atomic E-state index is 12.5. The van der Waals surface area contributed by atoms with Crippen LogP contribution in [-0.4, -0.2) is 42.9 Å². The van der Waals surface area contributed by atoms with Crippen molar-refractivity contribution in [2.75, 3.05) is 36.4 Å². The number of hydrogen-bond donors (Lipinski definition) is 1. The van der Waals surface area contributed by atoms with Crippen LogP contribution in [0.25, 0.3) is 0 Å². The lowest BCUT2D eigenvalue weighted by atomic mass is 10.2. The van der Waals surface area contributed by atoms with Gasteiger partial charge in [-0.1, -0.05) is 29.3 Å². The number of amides is 2. The van der Waals surface area contributed by atoms with Crippen LogP contribution in [0.5, 0.6) is 0 Å². The van der Waals surface area contributed by atoms with Crippen molar-refractivity contribution in [3.05, 3.63) is 80.5 Å². The molecule has 0 spiro atoms. The first-order valence-electron chi connectivity index (χ1n) is 9.45. The van der Waals surface area contributed by atoms with Crippen molar-refractivity contribution in [3.63, 3.8) is 0 Å². The number of carbonyl (C=O) groups excluding carboxylic acids is 2. The number of anilines is 2. The number of nitrogens with zero attached hydrogens (tertiary/aromatic N) is 2. The van der Waals surface area contributed by atoms with E-state index < -0.39 is 0 Å². The molecule has 0 radical (unpaired) electrons. The van der Waals surface area contributed by atoms with Crippen LogP contribution in [0.1, 0.15) is 20.0 Å². The summed E-state index contributed by atoms with van der Waals surface area (Å²) in [6, 6.07) is 16.2. The third-order valence-corrected chi connectivity index (χ3v) is 6.37. The number of piperazine rings is 1. The van der Waals surface area contributed by atoms with Gasteiger partial charge in [-0.25, -0.2) is 0 Å². The Bertz CT molecular complexity index is 1050. The maximum Gasteiger partial charge on any atom is 0.264 e. The predicted octanol–water partition coefficient (Wildman–Crippen LogP) is 5.27. The lowest BCUT2D eigenvalue weighted by molar-refractivity contribution is 0.0751. The van der Waals surface area contributed by atoms with E-state index in [1.807, 2.05) is 46.7 Å². The summed E-state index contributed by atoms with van der Waals surface area (Å²) in [7, 11) is 0. The molecule has 0 unspecified atom stereocenters.